The molecule has 0 saturated heterocycles. The summed E-state index contributed by atoms with van der Waals surface area (Å²) in [5, 5.41) is 6.26. The zero-order valence-corrected chi connectivity index (χ0v) is 15.7. The van der Waals surface area contributed by atoms with Gasteiger partial charge in [-0.15, -0.1) is 0 Å². The number of aromatic nitrogens is 1. The molecule has 28 heavy (non-hydrogen) atoms. The van der Waals surface area contributed by atoms with Crippen LogP contribution in [0, 0.1) is 0 Å². The van der Waals surface area contributed by atoms with E-state index in [9.17, 15) is 9.59 Å². The van der Waals surface area contributed by atoms with Crippen molar-refractivity contribution in [2.24, 2.45) is 0 Å². The summed E-state index contributed by atoms with van der Waals surface area (Å²) in [6, 6.07) is 24.1. The Kier molecular flexibility index (Phi) is 5.12. The molecule has 2 amide bonds. The van der Waals surface area contributed by atoms with E-state index in [0.29, 0.717) is 22.8 Å². The van der Waals surface area contributed by atoms with E-state index >= 15 is 0 Å². The first-order chi connectivity index (χ1) is 13.7. The van der Waals surface area contributed by atoms with Crippen molar-refractivity contribution in [2.45, 2.75) is 6.42 Å². The number of rotatable bonds is 5. The van der Waals surface area contributed by atoms with Gasteiger partial charge in [0.25, 0.3) is 5.91 Å². The summed E-state index contributed by atoms with van der Waals surface area (Å²) in [5.74, 6) is -0.274. The van der Waals surface area contributed by atoms with Crippen LogP contribution in [-0.4, -0.2) is 16.8 Å². The van der Waals surface area contributed by atoms with Gasteiger partial charge in [-0.05, 0) is 35.9 Å². The van der Waals surface area contributed by atoms with Gasteiger partial charge in [-0.1, -0.05) is 59.9 Å². The first-order valence-corrected chi connectivity index (χ1v) is 9.60. The summed E-state index contributed by atoms with van der Waals surface area (Å²) >= 11 is 1.37. The van der Waals surface area contributed by atoms with Crippen LogP contribution in [0.15, 0.2) is 78.9 Å². The highest BCUT2D eigenvalue weighted by atomic mass is 32.1. The maximum absolute atomic E-state index is 12.3. The van der Waals surface area contributed by atoms with Gasteiger partial charge >= 0.3 is 0 Å². The summed E-state index contributed by atoms with van der Waals surface area (Å²) in [7, 11) is 0. The first-order valence-electron chi connectivity index (χ1n) is 8.78. The molecule has 0 aliphatic carbocycles. The lowest BCUT2D eigenvalue weighted by Gasteiger charge is -2.05. The molecule has 1 aromatic heterocycles. The van der Waals surface area contributed by atoms with Crippen molar-refractivity contribution in [1.82, 2.24) is 4.98 Å². The second-order valence-electron chi connectivity index (χ2n) is 6.23. The Morgan fingerprint density at radius 3 is 2.32 bits per heavy atom. The minimum absolute atomic E-state index is 0.0762. The number of nitrogens with one attached hydrogen (secondary N) is 2. The molecule has 0 radical (unpaired) electrons. The predicted octanol–water partition coefficient (Wildman–Crippen LogP) is 4.73. The van der Waals surface area contributed by atoms with Gasteiger partial charge in [0, 0.05) is 11.3 Å². The number of carbonyl (C=O) groups excluding carboxylic acids is 2. The van der Waals surface area contributed by atoms with Crippen LogP contribution in [0.4, 0.5) is 10.8 Å². The SMILES string of the molecule is O=C(Cc1ccccc1)Nc1ccc2nc(NC(=O)c3ccccc3)sc2c1. The topological polar surface area (TPSA) is 71.1 Å². The molecule has 4 rings (SSSR count). The van der Waals surface area contributed by atoms with E-state index in [1.807, 2.05) is 66.7 Å². The lowest BCUT2D eigenvalue weighted by atomic mass is 10.1. The van der Waals surface area contributed by atoms with Crippen molar-refractivity contribution in [3.8, 4) is 0 Å². The number of hydrogen-bond acceptors (Lipinski definition) is 4. The van der Waals surface area contributed by atoms with Crippen LogP contribution in [0.3, 0.4) is 0 Å². The van der Waals surface area contributed by atoms with Crippen LogP contribution >= 0.6 is 11.3 Å². The molecule has 0 bridgehead atoms. The minimum Gasteiger partial charge on any atom is -0.326 e. The number of amides is 2. The van der Waals surface area contributed by atoms with Crippen molar-refractivity contribution in [3.05, 3.63) is 90.0 Å². The molecule has 3 aromatic carbocycles. The Labute approximate surface area is 166 Å². The second-order valence-corrected chi connectivity index (χ2v) is 7.26. The highest BCUT2D eigenvalue weighted by Crippen LogP contribution is 2.28. The highest BCUT2D eigenvalue weighted by Gasteiger charge is 2.11. The standard InChI is InChI=1S/C22H17N3O2S/c26-20(13-15-7-3-1-4-8-15)23-17-11-12-18-19(14-17)28-22(24-18)25-21(27)16-9-5-2-6-10-16/h1-12,14H,13H2,(H,23,26)(H,24,25,27). The van der Waals surface area contributed by atoms with E-state index in [4.69, 9.17) is 0 Å². The lowest BCUT2D eigenvalue weighted by Crippen LogP contribution is -2.14. The Morgan fingerprint density at radius 2 is 1.57 bits per heavy atom. The minimum atomic E-state index is -0.198. The maximum atomic E-state index is 12.3. The largest absolute Gasteiger partial charge is 0.326 e. The van der Waals surface area contributed by atoms with Gasteiger partial charge in [0.15, 0.2) is 5.13 Å². The molecule has 0 unspecified atom stereocenters. The molecule has 0 spiro atoms. The van der Waals surface area contributed by atoms with Crippen LogP contribution < -0.4 is 10.6 Å². The predicted molar refractivity (Wildman–Crippen MR) is 113 cm³/mol. The summed E-state index contributed by atoms with van der Waals surface area (Å²) in [6.45, 7) is 0. The van der Waals surface area contributed by atoms with Crippen LogP contribution in [0.5, 0.6) is 0 Å². The first kappa shape index (κ1) is 17.9. The number of hydrogen-bond donors (Lipinski definition) is 2. The number of anilines is 2. The van der Waals surface area contributed by atoms with Crippen molar-refractivity contribution >= 4 is 44.2 Å². The van der Waals surface area contributed by atoms with Gasteiger partial charge in [-0.3, -0.25) is 14.9 Å². The van der Waals surface area contributed by atoms with Crippen LogP contribution in [0.2, 0.25) is 0 Å². The fourth-order valence-electron chi connectivity index (χ4n) is 2.80. The van der Waals surface area contributed by atoms with Gasteiger partial charge < -0.3 is 5.32 Å². The van der Waals surface area contributed by atoms with Gasteiger partial charge in [-0.2, -0.15) is 0 Å². The molecule has 1 heterocycles. The fourth-order valence-corrected chi connectivity index (χ4v) is 3.70. The molecule has 0 saturated carbocycles. The maximum Gasteiger partial charge on any atom is 0.257 e. The van der Waals surface area contributed by atoms with Crippen molar-refractivity contribution in [2.75, 3.05) is 10.6 Å². The summed E-state index contributed by atoms with van der Waals surface area (Å²) < 4.78 is 0.890. The quantitative estimate of drug-likeness (QED) is 0.520. The van der Waals surface area contributed by atoms with Gasteiger partial charge in [0.2, 0.25) is 5.91 Å². The number of nitrogens with zero attached hydrogens (tertiary/aromatic N) is 1. The Morgan fingerprint density at radius 1 is 0.857 bits per heavy atom. The Balaban J connectivity index is 1.46. The number of thiazole rings is 1. The zero-order valence-electron chi connectivity index (χ0n) is 14.9. The third-order valence-electron chi connectivity index (χ3n) is 4.14. The normalized spacial score (nSPS) is 10.6. The molecule has 5 nitrogen and oxygen atoms in total. The second kappa shape index (κ2) is 8.02. The monoisotopic (exact) mass is 387 g/mol. The van der Waals surface area contributed by atoms with Crippen molar-refractivity contribution in [1.29, 1.82) is 0 Å². The molecule has 138 valence electrons. The van der Waals surface area contributed by atoms with Crippen LogP contribution in [0.1, 0.15) is 15.9 Å². The molecular weight excluding hydrogens is 370 g/mol. The van der Waals surface area contributed by atoms with Gasteiger partial charge in [0.1, 0.15) is 0 Å². The van der Waals surface area contributed by atoms with Crippen molar-refractivity contribution < 1.29 is 9.59 Å². The van der Waals surface area contributed by atoms with E-state index in [2.05, 4.69) is 15.6 Å². The van der Waals surface area contributed by atoms with Gasteiger partial charge in [-0.25, -0.2) is 4.98 Å². The molecule has 2 N–H and O–H groups in total. The highest BCUT2D eigenvalue weighted by molar-refractivity contribution is 7.22. The molecule has 0 atom stereocenters. The zero-order chi connectivity index (χ0) is 19.3. The molecular formula is C22H17N3O2S. The molecule has 0 aliphatic heterocycles. The van der Waals surface area contributed by atoms with Crippen LogP contribution in [-0.2, 0) is 11.2 Å². The van der Waals surface area contributed by atoms with Gasteiger partial charge in [0.05, 0.1) is 16.6 Å². The van der Waals surface area contributed by atoms with E-state index < -0.39 is 0 Å². The summed E-state index contributed by atoms with van der Waals surface area (Å²) in [5.41, 5.74) is 3.02. The summed E-state index contributed by atoms with van der Waals surface area (Å²) in [4.78, 5) is 29.0. The summed E-state index contributed by atoms with van der Waals surface area (Å²) in [6.07, 6.45) is 0.319. The van der Waals surface area contributed by atoms with Crippen molar-refractivity contribution in [3.63, 3.8) is 0 Å². The average Bonchev–Trinajstić information content (AvgIpc) is 3.10. The van der Waals surface area contributed by atoms with E-state index in [1.165, 1.54) is 11.3 Å². The number of carbonyl (C=O) groups is 2. The third kappa shape index (κ3) is 4.24. The van der Waals surface area contributed by atoms with Crippen LogP contribution in [0.25, 0.3) is 10.2 Å². The number of fused-ring (bicyclic) bond motifs is 1. The molecule has 0 fully saturated rings. The smallest absolute Gasteiger partial charge is 0.257 e. The molecule has 6 heteroatoms. The fraction of sp³-hybridized carbons (Fsp3) is 0.0455. The van der Waals surface area contributed by atoms with E-state index in [1.54, 1.807) is 12.1 Å². The van der Waals surface area contributed by atoms with E-state index in [-0.39, 0.29) is 11.8 Å². The molecule has 0 aliphatic rings. The molecule has 4 aromatic rings. The Hall–Kier alpha value is -3.51. The number of benzene rings is 3. The lowest BCUT2D eigenvalue weighted by molar-refractivity contribution is -0.115. The Bertz CT molecular complexity index is 1120. The van der Waals surface area contributed by atoms with E-state index in [0.717, 1.165) is 15.8 Å². The third-order valence-corrected chi connectivity index (χ3v) is 5.07. The average molecular weight is 387 g/mol.